The summed E-state index contributed by atoms with van der Waals surface area (Å²) in [4.78, 5) is 26.3. The van der Waals surface area contributed by atoms with Crippen molar-refractivity contribution in [2.24, 2.45) is 5.41 Å². The Hall–Kier alpha value is -1.40. The van der Waals surface area contributed by atoms with E-state index in [0.717, 1.165) is 3.57 Å². The maximum Gasteiger partial charge on any atom is 0.261 e. The highest BCUT2D eigenvalue weighted by Crippen LogP contribution is 2.41. The summed E-state index contributed by atoms with van der Waals surface area (Å²) in [7, 11) is 0. The molecule has 1 aliphatic rings. The lowest BCUT2D eigenvalue weighted by Crippen LogP contribution is -2.34. The summed E-state index contributed by atoms with van der Waals surface area (Å²) in [6, 6.07) is 5.51. The molecule has 1 aromatic carbocycles. The van der Waals surface area contributed by atoms with E-state index in [1.165, 1.54) is 11.3 Å². The second-order valence-electron chi connectivity index (χ2n) is 7.93. The molecule has 0 bridgehead atoms. The van der Waals surface area contributed by atoms with E-state index in [-0.39, 0.29) is 17.9 Å². The summed E-state index contributed by atoms with van der Waals surface area (Å²) in [6.45, 7) is 4.00. The highest BCUT2D eigenvalue weighted by Gasteiger charge is 2.34. The largest absolute Gasteiger partial charge is 0.394 e. The van der Waals surface area contributed by atoms with Gasteiger partial charge in [-0.3, -0.25) is 9.59 Å². The molecular formula is C20H23ClIN3O4S. The molecule has 0 saturated carbocycles. The van der Waals surface area contributed by atoms with E-state index in [1.54, 1.807) is 6.07 Å². The van der Waals surface area contributed by atoms with E-state index in [9.17, 15) is 14.7 Å². The van der Waals surface area contributed by atoms with Gasteiger partial charge in [-0.2, -0.15) is 0 Å². The number of amides is 2. The molecule has 10 heteroatoms. The molecule has 1 atom stereocenters. The van der Waals surface area contributed by atoms with Crippen LogP contribution in [0, 0.1) is 8.99 Å². The molecule has 162 valence electrons. The van der Waals surface area contributed by atoms with Crippen molar-refractivity contribution in [1.82, 2.24) is 10.6 Å². The molecule has 0 aliphatic carbocycles. The van der Waals surface area contributed by atoms with Crippen molar-refractivity contribution in [3.05, 3.63) is 42.8 Å². The Morgan fingerprint density at radius 3 is 2.83 bits per heavy atom. The molecule has 2 aromatic rings. The minimum absolute atomic E-state index is 0.0979. The van der Waals surface area contributed by atoms with Crippen LogP contribution in [0.5, 0.6) is 0 Å². The van der Waals surface area contributed by atoms with Crippen LogP contribution in [0.4, 0.5) is 10.7 Å². The van der Waals surface area contributed by atoms with Gasteiger partial charge < -0.3 is 26.2 Å². The summed E-state index contributed by atoms with van der Waals surface area (Å²) in [5.74, 6) is -0.638. The fourth-order valence-electron chi connectivity index (χ4n) is 3.16. The van der Waals surface area contributed by atoms with Gasteiger partial charge in [0.25, 0.3) is 11.8 Å². The summed E-state index contributed by atoms with van der Waals surface area (Å²) in [6.07, 6.45) is -0.529. The third kappa shape index (κ3) is 5.25. The zero-order valence-electron chi connectivity index (χ0n) is 16.5. The number of rotatable bonds is 6. The van der Waals surface area contributed by atoms with Crippen molar-refractivity contribution in [3.8, 4) is 0 Å². The molecule has 5 N–H and O–H groups in total. The molecule has 7 nitrogen and oxygen atoms in total. The first-order valence-corrected chi connectivity index (χ1v) is 11.6. The molecular weight excluding hydrogens is 541 g/mol. The van der Waals surface area contributed by atoms with Gasteiger partial charge in [0.2, 0.25) is 0 Å². The minimum Gasteiger partial charge on any atom is -0.394 e. The zero-order chi connectivity index (χ0) is 22.1. The number of anilines is 2. The number of aliphatic hydroxyl groups is 2. The Bertz CT molecular complexity index is 979. The molecule has 1 aromatic heterocycles. The number of fused-ring (bicyclic) bond motifs is 1. The topological polar surface area (TPSA) is 111 Å². The summed E-state index contributed by atoms with van der Waals surface area (Å²) >= 11 is 9.72. The summed E-state index contributed by atoms with van der Waals surface area (Å²) in [5.41, 5.74) is 1.41. The lowest BCUT2D eigenvalue weighted by atomic mass is 9.85. The summed E-state index contributed by atoms with van der Waals surface area (Å²) < 4.78 is 0.974. The number of carbonyl (C=O) groups excluding carboxylic acids is 2. The van der Waals surface area contributed by atoms with Gasteiger partial charge in [0.05, 0.1) is 33.9 Å². The van der Waals surface area contributed by atoms with Crippen molar-refractivity contribution in [2.45, 2.75) is 26.4 Å². The molecule has 30 heavy (non-hydrogen) atoms. The highest BCUT2D eigenvalue weighted by atomic mass is 127. The molecule has 2 amide bonds. The fourth-order valence-corrected chi connectivity index (χ4v) is 5.21. The van der Waals surface area contributed by atoms with Crippen LogP contribution < -0.4 is 16.0 Å². The van der Waals surface area contributed by atoms with E-state index in [2.05, 4.69) is 38.5 Å². The van der Waals surface area contributed by atoms with Crippen LogP contribution in [-0.2, 0) is 6.42 Å². The molecule has 0 radical (unpaired) electrons. The van der Waals surface area contributed by atoms with Gasteiger partial charge in [-0.25, -0.2) is 0 Å². The van der Waals surface area contributed by atoms with Gasteiger partial charge in [-0.15, -0.1) is 11.3 Å². The summed E-state index contributed by atoms with van der Waals surface area (Å²) in [5, 5.41) is 28.4. The number of carbonyl (C=O) groups is 2. The van der Waals surface area contributed by atoms with Crippen molar-refractivity contribution in [2.75, 3.05) is 25.0 Å². The molecule has 1 aliphatic heterocycles. The van der Waals surface area contributed by atoms with E-state index in [1.807, 2.05) is 26.0 Å². The van der Waals surface area contributed by atoms with Crippen LogP contribution in [0.25, 0.3) is 0 Å². The number of benzene rings is 1. The second-order valence-corrected chi connectivity index (χ2v) is 10.6. The van der Waals surface area contributed by atoms with Gasteiger partial charge in [0, 0.05) is 16.7 Å². The number of hydrogen-bond donors (Lipinski definition) is 5. The van der Waals surface area contributed by atoms with Crippen LogP contribution in [0.1, 0.15) is 39.4 Å². The number of thiophene rings is 1. The fraction of sp³-hybridized carbons (Fsp3) is 0.400. The molecule has 0 fully saturated rings. The number of nitrogens with one attached hydrogen (secondary N) is 3. The predicted molar refractivity (Wildman–Crippen MR) is 127 cm³/mol. The van der Waals surface area contributed by atoms with Gasteiger partial charge in [-0.05, 0) is 58.2 Å². The van der Waals surface area contributed by atoms with Gasteiger partial charge in [0.1, 0.15) is 5.00 Å². The first-order valence-electron chi connectivity index (χ1n) is 9.34. The Balaban J connectivity index is 2.05. The van der Waals surface area contributed by atoms with E-state index in [4.69, 9.17) is 16.7 Å². The van der Waals surface area contributed by atoms with Crippen molar-refractivity contribution in [1.29, 1.82) is 0 Å². The van der Waals surface area contributed by atoms with Gasteiger partial charge in [-0.1, -0.05) is 25.4 Å². The third-order valence-corrected chi connectivity index (χ3v) is 6.84. The van der Waals surface area contributed by atoms with Crippen molar-refractivity contribution in [3.63, 3.8) is 0 Å². The van der Waals surface area contributed by atoms with Crippen LogP contribution in [0.2, 0.25) is 5.02 Å². The third-order valence-electron chi connectivity index (χ3n) is 4.71. The monoisotopic (exact) mass is 563 g/mol. The maximum absolute atomic E-state index is 13.1. The zero-order valence-corrected chi connectivity index (χ0v) is 20.2. The number of hydrogen-bond acceptors (Lipinski definition) is 6. The Morgan fingerprint density at radius 2 is 2.17 bits per heavy atom. The Morgan fingerprint density at radius 1 is 1.43 bits per heavy atom. The van der Waals surface area contributed by atoms with Crippen LogP contribution in [0.3, 0.4) is 0 Å². The number of halogens is 2. The van der Waals surface area contributed by atoms with Crippen molar-refractivity contribution >= 4 is 68.0 Å². The molecule has 0 unspecified atom stereocenters. The van der Waals surface area contributed by atoms with Crippen LogP contribution >= 0.6 is 45.5 Å². The first-order chi connectivity index (χ1) is 14.1. The minimum atomic E-state index is -1.06. The van der Waals surface area contributed by atoms with Crippen molar-refractivity contribution < 1.29 is 19.8 Å². The molecule has 0 saturated heterocycles. The quantitative estimate of drug-likeness (QED) is 0.347. The maximum atomic E-state index is 13.1. The van der Waals surface area contributed by atoms with Crippen LogP contribution in [0.15, 0.2) is 18.2 Å². The smallest absolute Gasteiger partial charge is 0.261 e. The Labute approximate surface area is 197 Å². The highest BCUT2D eigenvalue weighted by molar-refractivity contribution is 14.1. The lowest BCUT2D eigenvalue weighted by molar-refractivity contribution is 0.0802. The first kappa shape index (κ1) is 23.3. The Kier molecular flexibility index (Phi) is 7.28. The molecule has 0 spiro atoms. The molecule has 2 heterocycles. The second kappa shape index (κ2) is 9.39. The standard InChI is InChI=1S/C20H23ClIN3O4S/c1-20(2)6-12-15(17(28)23-7-11(27)8-26)19(30-16(12)18(29)24-9-20)25-14-4-3-10(22)5-13(14)21/h3-5,11,25-27H,6-9H2,1-2H3,(H,23,28)(H,24,29)/t11-/m1/s1. The van der Waals surface area contributed by atoms with Gasteiger partial charge in [0.15, 0.2) is 0 Å². The average molecular weight is 564 g/mol. The predicted octanol–water partition coefficient (Wildman–Crippen LogP) is 3.14. The van der Waals surface area contributed by atoms with Gasteiger partial charge >= 0.3 is 0 Å². The number of aliphatic hydroxyl groups excluding tert-OH is 2. The average Bonchev–Trinajstić information content (AvgIpc) is 2.98. The van der Waals surface area contributed by atoms with Crippen LogP contribution in [-0.4, -0.2) is 47.8 Å². The SMILES string of the molecule is CC1(C)CNC(=O)c2sc(Nc3ccc(I)cc3Cl)c(C(=O)NC[C@@H](O)CO)c2C1. The van der Waals surface area contributed by atoms with E-state index in [0.29, 0.717) is 44.7 Å². The lowest BCUT2D eigenvalue weighted by Gasteiger charge is -2.22. The van der Waals surface area contributed by atoms with E-state index < -0.39 is 18.6 Å². The molecule has 3 rings (SSSR count). The normalized spacial score (nSPS) is 16.3. The van der Waals surface area contributed by atoms with E-state index >= 15 is 0 Å².